The molecule has 3 rings (SSSR count). The molecule has 0 aromatic heterocycles. The zero-order chi connectivity index (χ0) is 18.5. The molecule has 132 valence electrons. The normalized spacial score (nSPS) is 13.2. The van der Waals surface area contributed by atoms with Crippen molar-refractivity contribution in [1.82, 2.24) is 5.32 Å². The maximum Gasteiger partial charge on any atom is 0.251 e. The fourth-order valence-corrected chi connectivity index (χ4v) is 2.70. The molecule has 5 nitrogen and oxygen atoms in total. The van der Waals surface area contributed by atoms with Gasteiger partial charge in [-0.05, 0) is 30.2 Å². The highest BCUT2D eigenvalue weighted by Gasteiger charge is 2.10. The van der Waals surface area contributed by atoms with Crippen molar-refractivity contribution >= 4 is 23.1 Å². The van der Waals surface area contributed by atoms with E-state index >= 15 is 0 Å². The zero-order valence-electron chi connectivity index (χ0n) is 14.5. The summed E-state index contributed by atoms with van der Waals surface area (Å²) >= 11 is 0. The number of aliphatic imine (C=N–C) groups is 1. The van der Waals surface area contributed by atoms with Gasteiger partial charge in [0.15, 0.2) is 5.78 Å². The molecule has 0 fully saturated rings. The second-order valence-electron chi connectivity index (χ2n) is 6.18. The molecule has 26 heavy (non-hydrogen) atoms. The molecule has 0 saturated heterocycles. The molecule has 1 heterocycles. The molecule has 0 radical (unpaired) electrons. The van der Waals surface area contributed by atoms with Gasteiger partial charge in [0, 0.05) is 29.8 Å². The topological polar surface area (TPSA) is 78.8 Å². The van der Waals surface area contributed by atoms with Crippen molar-refractivity contribution in [3.8, 4) is 0 Å². The Morgan fingerprint density at radius 3 is 2.27 bits per heavy atom. The number of carbonyl (C=O) groups is 2. The largest absolute Gasteiger partial charge is 0.388 e. The molecule has 5 heteroatoms. The third kappa shape index (κ3) is 4.13. The van der Waals surface area contributed by atoms with Gasteiger partial charge in [-0.2, -0.15) is 0 Å². The van der Waals surface area contributed by atoms with Gasteiger partial charge in [0.05, 0.1) is 5.70 Å². The summed E-state index contributed by atoms with van der Waals surface area (Å²) in [5, 5.41) is 11.7. The average Bonchev–Trinajstić information content (AvgIpc) is 3.12. The number of hydrogen-bond donors (Lipinski definition) is 2. The van der Waals surface area contributed by atoms with Gasteiger partial charge in [-0.3, -0.25) is 14.6 Å². The predicted octanol–water partition coefficient (Wildman–Crippen LogP) is 3.00. The summed E-state index contributed by atoms with van der Waals surface area (Å²) in [6, 6.07) is 14.2. The first-order valence-corrected chi connectivity index (χ1v) is 8.43. The molecule has 1 aliphatic heterocycles. The van der Waals surface area contributed by atoms with E-state index in [9.17, 15) is 9.59 Å². The van der Waals surface area contributed by atoms with E-state index in [0.29, 0.717) is 17.7 Å². The number of aliphatic hydroxyl groups excluding tert-OH is 1. The van der Waals surface area contributed by atoms with E-state index in [2.05, 4.69) is 16.4 Å². The fourth-order valence-electron chi connectivity index (χ4n) is 2.70. The van der Waals surface area contributed by atoms with Crippen LogP contribution in [0.25, 0.3) is 5.70 Å². The first kappa shape index (κ1) is 17.8. The van der Waals surface area contributed by atoms with Crippen LogP contribution in [-0.4, -0.2) is 29.1 Å². The van der Waals surface area contributed by atoms with Crippen molar-refractivity contribution in [2.45, 2.75) is 19.9 Å². The van der Waals surface area contributed by atoms with E-state index < -0.39 is 6.61 Å². The lowest BCUT2D eigenvalue weighted by Gasteiger charge is -2.07. The summed E-state index contributed by atoms with van der Waals surface area (Å²) in [5.41, 5.74) is 4.96. The number of benzene rings is 2. The number of nitrogens with zero attached hydrogens (tertiary/aromatic N) is 1. The Hall–Kier alpha value is -3.05. The zero-order valence-corrected chi connectivity index (χ0v) is 14.5. The van der Waals surface area contributed by atoms with Crippen molar-refractivity contribution in [2.75, 3.05) is 6.61 Å². The molecule has 2 N–H and O–H groups in total. The van der Waals surface area contributed by atoms with Crippen LogP contribution in [0, 0.1) is 0 Å². The minimum atomic E-state index is -0.506. The van der Waals surface area contributed by atoms with Crippen LogP contribution in [0.5, 0.6) is 0 Å². The third-order valence-corrected chi connectivity index (χ3v) is 4.22. The van der Waals surface area contributed by atoms with E-state index in [1.165, 1.54) is 0 Å². The number of amides is 1. The maximum absolute atomic E-state index is 12.3. The molecule has 0 bridgehead atoms. The fraction of sp³-hybridized carbons (Fsp3) is 0.190. The van der Waals surface area contributed by atoms with E-state index in [1.807, 2.05) is 19.1 Å². The number of nitrogens with one attached hydrogen (secondary N) is 1. The van der Waals surface area contributed by atoms with Crippen LogP contribution in [0.1, 0.15) is 45.2 Å². The molecule has 1 amide bonds. The van der Waals surface area contributed by atoms with Gasteiger partial charge in [-0.1, -0.05) is 42.5 Å². The number of rotatable bonds is 6. The summed E-state index contributed by atoms with van der Waals surface area (Å²) in [4.78, 5) is 28.1. The Kier molecular flexibility index (Phi) is 5.39. The lowest BCUT2D eigenvalue weighted by molar-refractivity contribution is 0.0902. The minimum absolute atomic E-state index is 0.160. The second-order valence-corrected chi connectivity index (χ2v) is 6.18. The molecule has 0 spiro atoms. The molecule has 2 aromatic carbocycles. The van der Waals surface area contributed by atoms with Gasteiger partial charge in [0.1, 0.15) is 6.61 Å². The van der Waals surface area contributed by atoms with Gasteiger partial charge >= 0.3 is 0 Å². The van der Waals surface area contributed by atoms with E-state index in [0.717, 1.165) is 29.0 Å². The summed E-state index contributed by atoms with van der Waals surface area (Å²) < 4.78 is 0. The van der Waals surface area contributed by atoms with Gasteiger partial charge < -0.3 is 10.4 Å². The number of ketones is 1. The molecule has 0 aliphatic carbocycles. The van der Waals surface area contributed by atoms with Crippen molar-refractivity contribution < 1.29 is 14.7 Å². The molecule has 1 aliphatic rings. The lowest BCUT2D eigenvalue weighted by atomic mass is 10.1. The number of Topliss-reactive ketones (excluding diaryl/α,β-unsaturated/α-hetero) is 1. The van der Waals surface area contributed by atoms with Crippen LogP contribution in [0.3, 0.4) is 0 Å². The molecule has 0 atom stereocenters. The van der Waals surface area contributed by atoms with Crippen LogP contribution >= 0.6 is 0 Å². The van der Waals surface area contributed by atoms with Crippen LogP contribution in [0.4, 0.5) is 0 Å². The van der Waals surface area contributed by atoms with Crippen LogP contribution in [-0.2, 0) is 6.54 Å². The molecular formula is C21H20N2O3. The minimum Gasteiger partial charge on any atom is -0.388 e. The summed E-state index contributed by atoms with van der Waals surface area (Å²) in [6.07, 6.45) is 2.95. The monoisotopic (exact) mass is 348 g/mol. The first-order valence-electron chi connectivity index (χ1n) is 8.43. The highest BCUT2D eigenvalue weighted by Crippen LogP contribution is 2.22. The smallest absolute Gasteiger partial charge is 0.251 e. The van der Waals surface area contributed by atoms with E-state index in [4.69, 9.17) is 5.11 Å². The highest BCUT2D eigenvalue weighted by molar-refractivity contribution is 5.97. The highest BCUT2D eigenvalue weighted by atomic mass is 16.3. The molecular weight excluding hydrogens is 328 g/mol. The lowest BCUT2D eigenvalue weighted by Crippen LogP contribution is -2.22. The predicted molar refractivity (Wildman–Crippen MR) is 101 cm³/mol. The Balaban J connectivity index is 1.59. The van der Waals surface area contributed by atoms with Gasteiger partial charge in [0.25, 0.3) is 5.91 Å². The maximum atomic E-state index is 12.3. The van der Waals surface area contributed by atoms with Crippen LogP contribution in [0.2, 0.25) is 0 Å². The summed E-state index contributed by atoms with van der Waals surface area (Å²) in [5.74, 6) is -0.482. The van der Waals surface area contributed by atoms with Crippen LogP contribution < -0.4 is 5.32 Å². The summed E-state index contributed by atoms with van der Waals surface area (Å²) in [7, 11) is 0. The van der Waals surface area contributed by atoms with Crippen molar-refractivity contribution in [3.63, 3.8) is 0 Å². The number of carbonyl (C=O) groups excluding carboxylic acids is 2. The number of allylic oxidation sites excluding steroid dienone is 1. The SMILES string of the molecule is CC1=NC(c2ccc(C(=O)NCc3ccc(C(=O)CO)cc3)cc2)=CC1. The van der Waals surface area contributed by atoms with E-state index in [1.54, 1.807) is 36.4 Å². The average molecular weight is 348 g/mol. The Labute approximate surface area is 152 Å². The second kappa shape index (κ2) is 7.89. The number of hydrogen-bond acceptors (Lipinski definition) is 4. The number of aliphatic hydroxyl groups is 1. The standard InChI is InChI=1S/C21H20N2O3/c1-14-2-11-19(23-14)16-7-9-18(10-8-16)21(26)22-12-15-3-5-17(6-4-15)20(25)13-24/h3-11,24H,2,12-13H2,1H3,(H,22,26). The quantitative estimate of drug-likeness (QED) is 0.788. The molecule has 0 saturated carbocycles. The van der Waals surface area contributed by atoms with Crippen molar-refractivity contribution in [2.24, 2.45) is 4.99 Å². The van der Waals surface area contributed by atoms with Crippen molar-refractivity contribution in [3.05, 3.63) is 76.9 Å². The van der Waals surface area contributed by atoms with Gasteiger partial charge in [-0.25, -0.2) is 0 Å². The van der Waals surface area contributed by atoms with Crippen LogP contribution in [0.15, 0.2) is 59.6 Å². The van der Waals surface area contributed by atoms with Crippen molar-refractivity contribution in [1.29, 1.82) is 0 Å². The van der Waals surface area contributed by atoms with E-state index in [-0.39, 0.29) is 11.7 Å². The first-order chi connectivity index (χ1) is 12.6. The Bertz CT molecular complexity index is 878. The molecule has 0 unspecified atom stereocenters. The Morgan fingerprint density at radius 1 is 1.04 bits per heavy atom. The van der Waals surface area contributed by atoms with Gasteiger partial charge in [-0.15, -0.1) is 0 Å². The summed E-state index contributed by atoms with van der Waals surface area (Å²) in [6.45, 7) is 1.86. The Morgan fingerprint density at radius 2 is 1.69 bits per heavy atom. The molecule has 2 aromatic rings. The third-order valence-electron chi connectivity index (χ3n) is 4.22. The van der Waals surface area contributed by atoms with Gasteiger partial charge in [0.2, 0.25) is 0 Å².